The van der Waals surface area contributed by atoms with Crippen molar-refractivity contribution in [1.82, 2.24) is 20.0 Å². The van der Waals surface area contributed by atoms with E-state index in [4.69, 9.17) is 14.2 Å². The van der Waals surface area contributed by atoms with Crippen LogP contribution < -0.4 is 10.1 Å². The van der Waals surface area contributed by atoms with E-state index in [1.54, 1.807) is 11.9 Å². The van der Waals surface area contributed by atoms with Gasteiger partial charge in [-0.3, -0.25) is 9.59 Å². The summed E-state index contributed by atoms with van der Waals surface area (Å²) in [5.74, 6) is -0.00165. The molecule has 2 aliphatic heterocycles. The first-order valence-electron chi connectivity index (χ1n) is 8.55. The second-order valence-electron chi connectivity index (χ2n) is 6.12. The van der Waals surface area contributed by atoms with Gasteiger partial charge in [0.1, 0.15) is 0 Å². The molecule has 25 heavy (non-hydrogen) atoms. The van der Waals surface area contributed by atoms with Gasteiger partial charge in [-0.25, -0.2) is 4.68 Å². The van der Waals surface area contributed by atoms with Crippen LogP contribution in [0.5, 0.6) is 5.88 Å². The topological polar surface area (TPSA) is 94.9 Å². The summed E-state index contributed by atoms with van der Waals surface area (Å²) in [5, 5.41) is 6.95. The Balaban J connectivity index is 1.49. The van der Waals surface area contributed by atoms with Gasteiger partial charge in [-0.15, -0.1) is 0 Å². The molecule has 1 N–H and O–H groups in total. The van der Waals surface area contributed by atoms with E-state index < -0.39 is 0 Å². The van der Waals surface area contributed by atoms with Crippen molar-refractivity contribution < 1.29 is 23.8 Å². The fourth-order valence-electron chi connectivity index (χ4n) is 2.84. The summed E-state index contributed by atoms with van der Waals surface area (Å²) in [6.45, 7) is 3.38. The van der Waals surface area contributed by atoms with Crippen LogP contribution in [0.25, 0.3) is 0 Å². The Labute approximate surface area is 146 Å². The number of rotatable bonds is 6. The molecule has 1 aromatic rings. The highest BCUT2D eigenvalue weighted by Crippen LogP contribution is 2.14. The van der Waals surface area contributed by atoms with Gasteiger partial charge in [0.2, 0.25) is 5.88 Å². The summed E-state index contributed by atoms with van der Waals surface area (Å²) >= 11 is 0. The molecule has 2 aliphatic rings. The quantitative estimate of drug-likeness (QED) is 0.746. The Kier molecular flexibility index (Phi) is 5.87. The lowest BCUT2D eigenvalue weighted by molar-refractivity contribution is -0.137. The van der Waals surface area contributed by atoms with Gasteiger partial charge in [-0.2, -0.15) is 5.10 Å². The number of morpholine rings is 1. The molecule has 3 heterocycles. The summed E-state index contributed by atoms with van der Waals surface area (Å²) in [4.78, 5) is 26.0. The highest BCUT2D eigenvalue weighted by Gasteiger charge is 2.20. The lowest BCUT2D eigenvalue weighted by Crippen LogP contribution is -2.43. The maximum atomic E-state index is 12.2. The lowest BCUT2D eigenvalue weighted by Gasteiger charge is -2.26. The number of aromatic nitrogens is 2. The maximum absolute atomic E-state index is 12.2. The maximum Gasteiger partial charge on any atom is 0.272 e. The van der Waals surface area contributed by atoms with Crippen molar-refractivity contribution in [3.05, 3.63) is 11.8 Å². The normalized spacial score (nSPS) is 20.5. The van der Waals surface area contributed by atoms with Gasteiger partial charge in [0.25, 0.3) is 11.8 Å². The van der Waals surface area contributed by atoms with E-state index in [-0.39, 0.29) is 30.2 Å². The van der Waals surface area contributed by atoms with Crippen LogP contribution in [0.2, 0.25) is 0 Å². The van der Waals surface area contributed by atoms with Crippen LogP contribution in [0.1, 0.15) is 23.3 Å². The molecule has 9 heteroatoms. The van der Waals surface area contributed by atoms with Gasteiger partial charge in [0.15, 0.2) is 12.3 Å². The minimum absolute atomic E-state index is 0.0783. The second kappa shape index (κ2) is 8.30. The molecule has 0 bridgehead atoms. The number of nitrogens with zero attached hydrogens (tertiary/aromatic N) is 3. The molecule has 2 saturated heterocycles. The van der Waals surface area contributed by atoms with Crippen LogP contribution in [-0.2, 0) is 21.3 Å². The molecule has 0 radical (unpaired) electrons. The average molecular weight is 352 g/mol. The predicted molar refractivity (Wildman–Crippen MR) is 87.4 cm³/mol. The van der Waals surface area contributed by atoms with Crippen molar-refractivity contribution in [2.45, 2.75) is 18.9 Å². The Hall–Kier alpha value is -2.13. The van der Waals surface area contributed by atoms with E-state index in [1.807, 2.05) is 0 Å². The van der Waals surface area contributed by atoms with Crippen LogP contribution >= 0.6 is 0 Å². The number of amides is 2. The van der Waals surface area contributed by atoms with Crippen molar-refractivity contribution in [2.75, 3.05) is 46.1 Å². The lowest BCUT2D eigenvalue weighted by atomic mass is 10.2. The Morgan fingerprint density at radius 3 is 2.88 bits per heavy atom. The van der Waals surface area contributed by atoms with Crippen LogP contribution in [0.15, 0.2) is 6.07 Å². The zero-order valence-electron chi connectivity index (χ0n) is 14.4. The molecule has 138 valence electrons. The highest BCUT2D eigenvalue weighted by atomic mass is 16.5. The largest absolute Gasteiger partial charge is 0.468 e. The third-order valence-electron chi connectivity index (χ3n) is 4.29. The van der Waals surface area contributed by atoms with Crippen molar-refractivity contribution in [1.29, 1.82) is 0 Å². The monoisotopic (exact) mass is 352 g/mol. The molecule has 0 aliphatic carbocycles. The van der Waals surface area contributed by atoms with E-state index in [1.165, 1.54) is 10.7 Å². The van der Waals surface area contributed by atoms with Gasteiger partial charge in [-0.1, -0.05) is 0 Å². The fraction of sp³-hybridized carbons (Fsp3) is 0.688. The third-order valence-corrected chi connectivity index (χ3v) is 4.29. The van der Waals surface area contributed by atoms with E-state index >= 15 is 0 Å². The van der Waals surface area contributed by atoms with Crippen LogP contribution in [-0.4, -0.2) is 78.7 Å². The summed E-state index contributed by atoms with van der Waals surface area (Å²) in [6.07, 6.45) is 2.06. The van der Waals surface area contributed by atoms with Crippen LogP contribution in [0.4, 0.5) is 0 Å². The van der Waals surface area contributed by atoms with Crippen molar-refractivity contribution in [2.24, 2.45) is 7.05 Å². The molecular weight excluding hydrogens is 328 g/mol. The summed E-state index contributed by atoms with van der Waals surface area (Å²) < 4.78 is 17.7. The van der Waals surface area contributed by atoms with Gasteiger partial charge in [-0.05, 0) is 12.8 Å². The number of hydrogen-bond acceptors (Lipinski definition) is 6. The standard InChI is InChI=1S/C16H24N4O5/c1-19-15(25-11-14(21)20-4-7-23-8-5-20)9-13(18-19)16(22)17-10-12-3-2-6-24-12/h9,12H,2-8,10-11H2,1H3,(H,17,22)/t12-/m1/s1. The minimum Gasteiger partial charge on any atom is -0.468 e. The Morgan fingerprint density at radius 1 is 1.36 bits per heavy atom. The van der Waals surface area contributed by atoms with Crippen molar-refractivity contribution in [3.8, 4) is 5.88 Å². The molecule has 3 rings (SSSR count). The molecule has 9 nitrogen and oxygen atoms in total. The Morgan fingerprint density at radius 2 is 2.16 bits per heavy atom. The average Bonchev–Trinajstić information content (AvgIpc) is 3.28. The van der Waals surface area contributed by atoms with Crippen molar-refractivity contribution >= 4 is 11.8 Å². The number of ether oxygens (including phenoxy) is 3. The predicted octanol–water partition coefficient (Wildman–Crippen LogP) is -0.433. The molecular formula is C16H24N4O5. The molecule has 2 fully saturated rings. The van der Waals surface area contributed by atoms with Gasteiger partial charge in [0, 0.05) is 39.4 Å². The second-order valence-corrected chi connectivity index (χ2v) is 6.12. The van der Waals surface area contributed by atoms with Gasteiger partial charge in [0.05, 0.1) is 19.3 Å². The number of carbonyl (C=O) groups excluding carboxylic acids is 2. The number of hydrogen-bond donors (Lipinski definition) is 1. The summed E-state index contributed by atoms with van der Waals surface area (Å²) in [5.41, 5.74) is 0.259. The molecule has 1 aromatic heterocycles. The van der Waals surface area contributed by atoms with Crippen LogP contribution in [0, 0.1) is 0 Å². The SMILES string of the molecule is Cn1nc(C(=O)NC[C@H]2CCCO2)cc1OCC(=O)N1CCOCC1. The number of nitrogens with one attached hydrogen (secondary N) is 1. The number of aryl methyl sites for hydroxylation is 1. The first-order valence-corrected chi connectivity index (χ1v) is 8.55. The Bertz CT molecular complexity index is 606. The smallest absolute Gasteiger partial charge is 0.272 e. The van der Waals surface area contributed by atoms with E-state index in [2.05, 4.69) is 10.4 Å². The van der Waals surface area contributed by atoms with Gasteiger partial charge >= 0.3 is 0 Å². The fourth-order valence-corrected chi connectivity index (χ4v) is 2.84. The summed E-state index contributed by atoms with van der Waals surface area (Å²) in [7, 11) is 1.67. The number of carbonyl (C=O) groups is 2. The van der Waals surface area contributed by atoms with Gasteiger partial charge < -0.3 is 24.4 Å². The third kappa shape index (κ3) is 4.70. The zero-order valence-corrected chi connectivity index (χ0v) is 14.4. The first kappa shape index (κ1) is 17.7. The van der Waals surface area contributed by atoms with E-state index in [0.717, 1.165) is 19.4 Å². The molecule has 2 amide bonds. The van der Waals surface area contributed by atoms with Crippen LogP contribution in [0.3, 0.4) is 0 Å². The zero-order chi connectivity index (χ0) is 17.6. The first-order chi connectivity index (χ1) is 12.1. The van der Waals surface area contributed by atoms with E-state index in [9.17, 15) is 9.59 Å². The molecule has 0 spiro atoms. The molecule has 0 unspecified atom stereocenters. The molecule has 0 aromatic carbocycles. The van der Waals surface area contributed by atoms with Crippen molar-refractivity contribution in [3.63, 3.8) is 0 Å². The summed E-state index contributed by atoms with van der Waals surface area (Å²) in [6, 6.07) is 1.54. The highest BCUT2D eigenvalue weighted by molar-refractivity contribution is 5.92. The molecule has 1 atom stereocenters. The minimum atomic E-state index is -0.277. The van der Waals surface area contributed by atoms with E-state index in [0.29, 0.717) is 38.7 Å². The molecule has 0 saturated carbocycles.